The van der Waals surface area contributed by atoms with Gasteiger partial charge in [0.15, 0.2) is 5.13 Å². The maximum Gasteiger partial charge on any atom is 0.186 e. The third-order valence-corrected chi connectivity index (χ3v) is 6.49. The average molecular weight is 319 g/mol. The molecule has 112 valence electrons. The van der Waals surface area contributed by atoms with E-state index < -0.39 is 0 Å². The van der Waals surface area contributed by atoms with Crippen LogP contribution < -0.4 is 10.2 Å². The first kappa shape index (κ1) is 13.7. The molecule has 0 saturated heterocycles. The van der Waals surface area contributed by atoms with Gasteiger partial charge in [-0.2, -0.15) is 0 Å². The van der Waals surface area contributed by atoms with Gasteiger partial charge in [-0.25, -0.2) is 4.98 Å². The fourth-order valence-electron chi connectivity index (χ4n) is 2.86. The maximum absolute atomic E-state index is 4.92. The first-order valence-electron chi connectivity index (χ1n) is 7.85. The molecule has 3 nitrogen and oxygen atoms in total. The quantitative estimate of drug-likeness (QED) is 0.913. The van der Waals surface area contributed by atoms with Gasteiger partial charge in [-0.3, -0.25) is 0 Å². The average Bonchev–Trinajstić information content (AvgIpc) is 3.07. The lowest BCUT2D eigenvalue weighted by molar-refractivity contribution is 0.689. The highest BCUT2D eigenvalue weighted by molar-refractivity contribution is 7.15. The van der Waals surface area contributed by atoms with Crippen molar-refractivity contribution in [2.24, 2.45) is 0 Å². The Balaban J connectivity index is 1.52. The Kier molecular flexibility index (Phi) is 3.73. The van der Waals surface area contributed by atoms with Crippen molar-refractivity contribution in [3.8, 4) is 0 Å². The van der Waals surface area contributed by atoms with Gasteiger partial charge in [0.05, 0.1) is 5.69 Å². The van der Waals surface area contributed by atoms with Crippen molar-refractivity contribution >= 4 is 27.8 Å². The van der Waals surface area contributed by atoms with E-state index >= 15 is 0 Å². The number of fused-ring (bicyclic) bond motifs is 1. The van der Waals surface area contributed by atoms with E-state index in [-0.39, 0.29) is 0 Å². The molecule has 1 saturated carbocycles. The Labute approximate surface area is 134 Å². The Morgan fingerprint density at radius 1 is 1.43 bits per heavy atom. The topological polar surface area (TPSA) is 28.2 Å². The zero-order valence-corrected chi connectivity index (χ0v) is 14.0. The van der Waals surface area contributed by atoms with Gasteiger partial charge in [-0.05, 0) is 42.7 Å². The number of anilines is 1. The third kappa shape index (κ3) is 2.87. The standard InChI is InChI=1S/C16H21N3S2/c1-2-13-15(9-17-12-3-4-12)21-16(18-13)19-7-5-14-11(10-19)6-8-20-14/h6,8,12,17H,2-5,7,9-10H2,1H3. The smallest absolute Gasteiger partial charge is 0.186 e. The summed E-state index contributed by atoms with van der Waals surface area (Å²) >= 11 is 3.79. The Bertz CT molecular complexity index is 627. The van der Waals surface area contributed by atoms with Crippen LogP contribution in [0.1, 0.15) is 40.8 Å². The van der Waals surface area contributed by atoms with Crippen LogP contribution in [-0.4, -0.2) is 17.6 Å². The SMILES string of the molecule is CCc1nc(N2CCc3sccc3C2)sc1CNC1CC1. The molecule has 2 aliphatic rings. The third-order valence-electron chi connectivity index (χ3n) is 4.31. The van der Waals surface area contributed by atoms with Crippen molar-refractivity contribution in [1.29, 1.82) is 0 Å². The molecule has 0 aromatic carbocycles. The molecule has 5 heteroatoms. The summed E-state index contributed by atoms with van der Waals surface area (Å²) < 4.78 is 0. The molecule has 2 aromatic rings. The maximum atomic E-state index is 4.92. The van der Waals surface area contributed by atoms with Crippen molar-refractivity contribution in [2.45, 2.75) is 51.7 Å². The molecule has 1 fully saturated rings. The van der Waals surface area contributed by atoms with Crippen molar-refractivity contribution in [3.63, 3.8) is 0 Å². The van der Waals surface area contributed by atoms with E-state index in [1.165, 1.54) is 40.5 Å². The second-order valence-electron chi connectivity index (χ2n) is 5.92. The highest BCUT2D eigenvalue weighted by Gasteiger charge is 2.23. The molecule has 4 rings (SSSR count). The van der Waals surface area contributed by atoms with Crippen molar-refractivity contribution in [1.82, 2.24) is 10.3 Å². The normalized spacial score (nSPS) is 18.0. The summed E-state index contributed by atoms with van der Waals surface area (Å²) in [4.78, 5) is 10.4. The van der Waals surface area contributed by atoms with Gasteiger partial charge in [0.2, 0.25) is 0 Å². The molecule has 0 bridgehead atoms. The molecular weight excluding hydrogens is 298 g/mol. The number of nitrogens with zero attached hydrogens (tertiary/aromatic N) is 2. The Morgan fingerprint density at radius 2 is 2.33 bits per heavy atom. The summed E-state index contributed by atoms with van der Waals surface area (Å²) in [5, 5.41) is 7.07. The minimum absolute atomic E-state index is 0.767. The molecule has 3 heterocycles. The number of rotatable bonds is 5. The number of hydrogen-bond donors (Lipinski definition) is 1. The monoisotopic (exact) mass is 319 g/mol. The first-order valence-corrected chi connectivity index (χ1v) is 9.55. The minimum Gasteiger partial charge on any atom is -0.343 e. The number of nitrogens with one attached hydrogen (secondary N) is 1. The lowest BCUT2D eigenvalue weighted by atomic mass is 10.1. The minimum atomic E-state index is 0.767. The molecule has 1 N–H and O–H groups in total. The molecule has 0 atom stereocenters. The van der Waals surface area contributed by atoms with Gasteiger partial charge in [0.25, 0.3) is 0 Å². The van der Waals surface area contributed by atoms with Crippen LogP contribution in [0.4, 0.5) is 5.13 Å². The highest BCUT2D eigenvalue weighted by Crippen LogP contribution is 2.32. The summed E-state index contributed by atoms with van der Waals surface area (Å²) in [6, 6.07) is 3.04. The van der Waals surface area contributed by atoms with Gasteiger partial charge in [-0.15, -0.1) is 22.7 Å². The molecule has 1 aliphatic carbocycles. The number of hydrogen-bond acceptors (Lipinski definition) is 5. The highest BCUT2D eigenvalue weighted by atomic mass is 32.1. The molecule has 0 amide bonds. The van der Waals surface area contributed by atoms with Gasteiger partial charge in [0, 0.05) is 35.4 Å². The molecule has 0 unspecified atom stereocenters. The van der Waals surface area contributed by atoms with Gasteiger partial charge < -0.3 is 10.2 Å². The molecule has 1 aliphatic heterocycles. The van der Waals surface area contributed by atoms with Crippen LogP contribution in [-0.2, 0) is 25.9 Å². The number of aryl methyl sites for hydroxylation is 1. The van der Waals surface area contributed by atoms with E-state index in [1.807, 2.05) is 22.7 Å². The van der Waals surface area contributed by atoms with Crippen molar-refractivity contribution < 1.29 is 0 Å². The number of thiophene rings is 1. The largest absolute Gasteiger partial charge is 0.343 e. The predicted octanol–water partition coefficient (Wildman–Crippen LogP) is 3.58. The Hall–Kier alpha value is -0.910. The molecule has 0 radical (unpaired) electrons. The van der Waals surface area contributed by atoms with Crippen LogP contribution >= 0.6 is 22.7 Å². The van der Waals surface area contributed by atoms with E-state index in [2.05, 4.69) is 28.6 Å². The van der Waals surface area contributed by atoms with Crippen LogP contribution in [0.5, 0.6) is 0 Å². The van der Waals surface area contributed by atoms with Crippen LogP contribution in [0.2, 0.25) is 0 Å². The summed E-state index contributed by atoms with van der Waals surface area (Å²) in [6.07, 6.45) is 4.90. The second kappa shape index (κ2) is 5.71. The van der Waals surface area contributed by atoms with Gasteiger partial charge in [0.1, 0.15) is 0 Å². The second-order valence-corrected chi connectivity index (χ2v) is 7.98. The summed E-state index contributed by atoms with van der Waals surface area (Å²) in [7, 11) is 0. The Morgan fingerprint density at radius 3 is 3.14 bits per heavy atom. The lowest BCUT2D eigenvalue weighted by Gasteiger charge is -2.26. The first-order chi connectivity index (χ1) is 10.3. The van der Waals surface area contributed by atoms with Gasteiger partial charge in [-0.1, -0.05) is 6.92 Å². The molecule has 0 spiro atoms. The number of aromatic nitrogens is 1. The van der Waals surface area contributed by atoms with E-state index in [4.69, 9.17) is 4.98 Å². The summed E-state index contributed by atoms with van der Waals surface area (Å²) in [5.41, 5.74) is 2.79. The van der Waals surface area contributed by atoms with Crippen LogP contribution in [0.3, 0.4) is 0 Å². The lowest BCUT2D eigenvalue weighted by Crippen LogP contribution is -2.29. The fourth-order valence-corrected chi connectivity index (χ4v) is 4.87. The van der Waals surface area contributed by atoms with Crippen LogP contribution in [0.15, 0.2) is 11.4 Å². The molecular formula is C16H21N3S2. The van der Waals surface area contributed by atoms with Crippen molar-refractivity contribution in [2.75, 3.05) is 11.4 Å². The van der Waals surface area contributed by atoms with E-state index in [0.717, 1.165) is 32.1 Å². The molecule has 2 aromatic heterocycles. The van der Waals surface area contributed by atoms with Crippen LogP contribution in [0, 0.1) is 0 Å². The van der Waals surface area contributed by atoms with Crippen LogP contribution in [0.25, 0.3) is 0 Å². The van der Waals surface area contributed by atoms with Gasteiger partial charge >= 0.3 is 0 Å². The fraction of sp³-hybridized carbons (Fsp3) is 0.562. The van der Waals surface area contributed by atoms with E-state index in [0.29, 0.717) is 0 Å². The summed E-state index contributed by atoms with van der Waals surface area (Å²) in [5.74, 6) is 0. The van der Waals surface area contributed by atoms with E-state index in [9.17, 15) is 0 Å². The predicted molar refractivity (Wildman–Crippen MR) is 90.4 cm³/mol. The van der Waals surface area contributed by atoms with E-state index in [1.54, 1.807) is 4.88 Å². The number of thiazole rings is 1. The zero-order chi connectivity index (χ0) is 14.2. The van der Waals surface area contributed by atoms with Crippen molar-refractivity contribution in [3.05, 3.63) is 32.5 Å². The molecule has 21 heavy (non-hydrogen) atoms. The zero-order valence-electron chi connectivity index (χ0n) is 12.4. The summed E-state index contributed by atoms with van der Waals surface area (Å²) in [6.45, 7) is 5.36.